The fourth-order valence-electron chi connectivity index (χ4n) is 9.63. The summed E-state index contributed by atoms with van der Waals surface area (Å²) in [6.45, 7) is 13.3. The van der Waals surface area contributed by atoms with Crippen molar-refractivity contribution >= 4 is 103 Å². The molecule has 1 aliphatic rings. The molecule has 0 atom stereocenters. The van der Waals surface area contributed by atoms with Gasteiger partial charge in [0.15, 0.2) is 5.71 Å². The van der Waals surface area contributed by atoms with Crippen molar-refractivity contribution in [3.63, 3.8) is 0 Å². The lowest BCUT2D eigenvalue weighted by atomic mass is 9.94. The highest BCUT2D eigenvalue weighted by Gasteiger charge is 2.18. The maximum atomic E-state index is 6.40. The van der Waals surface area contributed by atoms with E-state index in [-0.39, 0.29) is 0 Å². The lowest BCUT2D eigenvalue weighted by Gasteiger charge is -2.26. The van der Waals surface area contributed by atoms with Gasteiger partial charge in [-0.1, -0.05) is 154 Å². The van der Waals surface area contributed by atoms with Crippen LogP contribution in [0.25, 0.3) is 11.1 Å². The number of hydrogen-bond donors (Lipinski definition) is 0. The zero-order valence-electron chi connectivity index (χ0n) is 45.0. The zero-order valence-corrected chi connectivity index (χ0v) is 48.0. The monoisotopic (exact) mass is 1100 g/mol. The number of unbranched alkanes of at least 4 members (excludes halogenated alkanes) is 4. The van der Waals surface area contributed by atoms with E-state index in [4.69, 9.17) is 46.4 Å². The van der Waals surface area contributed by atoms with E-state index >= 15 is 0 Å². The van der Waals surface area contributed by atoms with Crippen molar-refractivity contribution < 1.29 is 4.58 Å². The summed E-state index contributed by atoms with van der Waals surface area (Å²) in [5, 5.41) is 2.75. The molecule has 0 fully saturated rings. The number of anilines is 7. The molecule has 4 nitrogen and oxygen atoms in total. The molecule has 1 aliphatic carbocycles. The lowest BCUT2D eigenvalue weighted by Crippen LogP contribution is -2.25. The molecule has 0 heterocycles. The van der Waals surface area contributed by atoms with Crippen LogP contribution in [0.5, 0.6) is 0 Å². The Bertz CT molecular complexity index is 3040. The molecule has 0 saturated heterocycles. The lowest BCUT2D eigenvalue weighted by molar-refractivity contribution is -0.527. The third-order valence-corrected chi connectivity index (χ3v) is 15.0. The van der Waals surface area contributed by atoms with Gasteiger partial charge in [-0.2, -0.15) is 0 Å². The Labute approximate surface area is 479 Å². The first kappa shape index (κ1) is 56.7. The smallest absolute Gasteiger partial charge is 0.199 e. The molecule has 0 aliphatic heterocycles. The molecule has 0 bridgehead atoms. The van der Waals surface area contributed by atoms with Crippen molar-refractivity contribution in [3.8, 4) is 0 Å². The fraction of sp³-hybridized carbons (Fsp3) is 0.232. The van der Waals surface area contributed by atoms with Gasteiger partial charge in [-0.3, -0.25) is 0 Å². The molecule has 0 radical (unpaired) electrons. The molecule has 0 saturated carbocycles. The topological polar surface area (TPSA) is 12.7 Å². The summed E-state index contributed by atoms with van der Waals surface area (Å²) < 4.78 is 2.55. The molecule has 77 heavy (non-hydrogen) atoms. The second-order valence-corrected chi connectivity index (χ2v) is 21.3. The average Bonchev–Trinajstić information content (AvgIpc) is 3.48. The molecule has 8 heteroatoms. The zero-order chi connectivity index (χ0) is 53.9. The second-order valence-electron chi connectivity index (χ2n) is 19.5. The van der Waals surface area contributed by atoms with Gasteiger partial charge in [0.25, 0.3) is 0 Å². The minimum atomic E-state index is 0.689. The van der Waals surface area contributed by atoms with Gasteiger partial charge in [0.2, 0.25) is 0 Å². The van der Waals surface area contributed by atoms with Gasteiger partial charge in [0.05, 0.1) is 0 Å². The Kier molecular flexibility index (Phi) is 21.1. The summed E-state index contributed by atoms with van der Waals surface area (Å²) in [7, 11) is 0. The van der Waals surface area contributed by atoms with Crippen molar-refractivity contribution in [2.75, 3.05) is 40.9 Å². The first-order chi connectivity index (χ1) is 37.7. The van der Waals surface area contributed by atoms with Crippen LogP contribution in [0.3, 0.4) is 0 Å². The highest BCUT2D eigenvalue weighted by Crippen LogP contribution is 2.39. The third kappa shape index (κ3) is 15.4. The normalized spacial score (nSPS) is 12.4. The largest absolute Gasteiger partial charge is 0.372 e. The maximum Gasteiger partial charge on any atom is 0.199 e. The minimum absolute atomic E-state index is 0.689. The average molecular weight is 1100 g/mol. The van der Waals surface area contributed by atoms with E-state index in [0.717, 1.165) is 119 Å². The van der Waals surface area contributed by atoms with Crippen LogP contribution in [0.2, 0.25) is 20.1 Å². The number of hydrogen-bond acceptors (Lipinski definition) is 3. The van der Waals surface area contributed by atoms with Gasteiger partial charge < -0.3 is 14.7 Å². The van der Waals surface area contributed by atoms with E-state index in [1.165, 1.54) is 37.1 Å². The summed E-state index contributed by atoms with van der Waals surface area (Å²) in [6, 6.07) is 58.7. The number of allylic oxidation sites excluding steroid dienone is 9. The highest BCUT2D eigenvalue weighted by molar-refractivity contribution is 6.31. The molecule has 0 aromatic heterocycles. The Morgan fingerprint density at radius 1 is 0.390 bits per heavy atom. The summed E-state index contributed by atoms with van der Waals surface area (Å²) >= 11 is 25.6. The molecule has 7 aromatic carbocycles. The standard InChI is InChI=1S/C69H71Cl4N4/c1-5-9-48-74(49-10-6-2)60-32-16-52(17-33-60)68(54-20-36-62(37-21-54)76(64-40-24-56(70)25-41-64)65-42-26-57(71)27-43-65)14-13-15-69(53-18-34-61(35-19-53)75(50-11-7-3)51-12-8-4)55-22-38-63(39-23-55)77(66-44-28-58(72)29-45-66)67-46-30-59(73)31-47-67/h13-47H,5-12,48-51H2,1-4H3/q+1. The van der Waals surface area contributed by atoms with Gasteiger partial charge in [-0.05, 0) is 192 Å². The summed E-state index contributed by atoms with van der Waals surface area (Å²) in [5.74, 6) is 0. The molecule has 0 amide bonds. The molecule has 0 spiro atoms. The van der Waals surface area contributed by atoms with Gasteiger partial charge in [-0.25, -0.2) is 4.58 Å². The van der Waals surface area contributed by atoms with Crippen LogP contribution in [0.4, 0.5) is 39.8 Å². The number of benzene rings is 7. The SMILES string of the molecule is CCCCN(CCCC)c1ccc(/C(=C/C=C/C(=C2C=CC(=[N+](CCCC)CCCC)C=C2)c2ccc(N(c3ccc(Cl)cc3)c3ccc(Cl)cc3)cc2)c2ccc(N(c3ccc(Cl)cc3)c3ccc(Cl)cc3)cc2)cc1. The van der Waals surface area contributed by atoms with Crippen LogP contribution in [-0.4, -0.2) is 36.5 Å². The van der Waals surface area contributed by atoms with Crippen LogP contribution in [0.1, 0.15) is 95.8 Å². The second kappa shape index (κ2) is 28.7. The van der Waals surface area contributed by atoms with E-state index in [1.807, 2.05) is 97.1 Å². The number of nitrogens with zero attached hydrogens (tertiary/aromatic N) is 4. The molecule has 0 N–H and O–H groups in total. The quantitative estimate of drug-likeness (QED) is 0.0442. The highest BCUT2D eigenvalue weighted by atomic mass is 35.5. The van der Waals surface area contributed by atoms with Crippen molar-refractivity contribution in [1.82, 2.24) is 0 Å². The van der Waals surface area contributed by atoms with Gasteiger partial charge in [0.1, 0.15) is 13.1 Å². The van der Waals surface area contributed by atoms with E-state index in [0.29, 0.717) is 20.1 Å². The number of rotatable bonds is 24. The predicted octanol–water partition coefficient (Wildman–Crippen LogP) is 21.3. The Morgan fingerprint density at radius 3 is 1.06 bits per heavy atom. The molecular formula is C69H71Cl4N4+. The van der Waals surface area contributed by atoms with Crippen LogP contribution >= 0.6 is 46.4 Å². The van der Waals surface area contributed by atoms with Crippen molar-refractivity contribution in [1.29, 1.82) is 0 Å². The Morgan fingerprint density at radius 2 is 0.714 bits per heavy atom. The molecule has 7 aromatic rings. The van der Waals surface area contributed by atoms with Crippen LogP contribution in [-0.2, 0) is 0 Å². The van der Waals surface area contributed by atoms with Gasteiger partial charge in [-0.15, -0.1) is 0 Å². The van der Waals surface area contributed by atoms with Crippen LogP contribution in [0, 0.1) is 0 Å². The summed E-state index contributed by atoms with van der Waals surface area (Å²) in [4.78, 5) is 7.00. The minimum Gasteiger partial charge on any atom is -0.372 e. The van der Waals surface area contributed by atoms with Gasteiger partial charge >= 0.3 is 0 Å². The Balaban J connectivity index is 1.23. The van der Waals surface area contributed by atoms with E-state index in [1.54, 1.807) is 0 Å². The van der Waals surface area contributed by atoms with Crippen LogP contribution < -0.4 is 14.7 Å². The molecule has 8 rings (SSSR count). The van der Waals surface area contributed by atoms with E-state index in [9.17, 15) is 0 Å². The first-order valence-electron chi connectivity index (χ1n) is 27.5. The first-order valence-corrected chi connectivity index (χ1v) is 29.0. The number of halogens is 4. The predicted molar refractivity (Wildman–Crippen MR) is 337 cm³/mol. The van der Waals surface area contributed by atoms with Crippen molar-refractivity contribution in [3.05, 3.63) is 255 Å². The molecular weight excluding hydrogens is 1030 g/mol. The maximum absolute atomic E-state index is 6.40. The summed E-state index contributed by atoms with van der Waals surface area (Å²) in [5.41, 5.74) is 15.3. The van der Waals surface area contributed by atoms with Crippen molar-refractivity contribution in [2.45, 2.75) is 79.1 Å². The molecule has 0 unspecified atom stereocenters. The van der Waals surface area contributed by atoms with Gasteiger partial charge in [0, 0.05) is 98.0 Å². The molecule has 394 valence electrons. The van der Waals surface area contributed by atoms with Crippen LogP contribution in [0.15, 0.2) is 218 Å². The Hall–Kier alpha value is -6.53. The van der Waals surface area contributed by atoms with Crippen molar-refractivity contribution in [2.24, 2.45) is 0 Å². The fourth-order valence-corrected chi connectivity index (χ4v) is 10.1. The third-order valence-electron chi connectivity index (χ3n) is 14.0. The van der Waals surface area contributed by atoms with E-state index in [2.05, 4.69) is 162 Å². The summed E-state index contributed by atoms with van der Waals surface area (Å²) in [6.07, 6.45) is 25.3. The van der Waals surface area contributed by atoms with E-state index < -0.39 is 0 Å².